The van der Waals surface area contributed by atoms with Crippen molar-refractivity contribution < 1.29 is 23.8 Å². The number of nitrogens with one attached hydrogen (secondary N) is 1. The Morgan fingerprint density at radius 3 is 2.74 bits per heavy atom. The highest BCUT2D eigenvalue weighted by atomic mass is 35.5. The van der Waals surface area contributed by atoms with Crippen molar-refractivity contribution in [1.29, 1.82) is 0 Å². The van der Waals surface area contributed by atoms with Crippen LogP contribution < -0.4 is 17.0 Å². The molecule has 27 heavy (non-hydrogen) atoms. The van der Waals surface area contributed by atoms with E-state index in [4.69, 9.17) is 26.8 Å². The van der Waals surface area contributed by atoms with Crippen molar-refractivity contribution in [2.75, 3.05) is 13.7 Å². The first-order valence-corrected chi connectivity index (χ1v) is 7.96. The van der Waals surface area contributed by atoms with Crippen molar-refractivity contribution in [3.05, 3.63) is 68.0 Å². The minimum atomic E-state index is -2.39. The van der Waals surface area contributed by atoms with Gasteiger partial charge in [-0.15, -0.1) is 0 Å². The number of aromatic amines is 1. The van der Waals surface area contributed by atoms with Gasteiger partial charge in [0, 0.05) is 24.4 Å². The number of esters is 1. The number of aromatic nitrogens is 2. The highest BCUT2D eigenvalue weighted by Crippen LogP contribution is 2.22. The maximum Gasteiger partial charge on any atom is 0.338 e. The SMILES string of the molecule is CO[C@](N)(COC(=O)c1cccc(Cl)c1)[C@@H](F)[C@@H](O)n1ccc(=O)[nH]c1=O. The van der Waals surface area contributed by atoms with Crippen molar-refractivity contribution >= 4 is 17.6 Å². The second-order valence-corrected chi connectivity index (χ2v) is 6.01. The van der Waals surface area contributed by atoms with Gasteiger partial charge in [-0.1, -0.05) is 17.7 Å². The predicted molar refractivity (Wildman–Crippen MR) is 93.1 cm³/mol. The summed E-state index contributed by atoms with van der Waals surface area (Å²) in [6, 6.07) is 6.77. The Morgan fingerprint density at radius 1 is 1.44 bits per heavy atom. The number of carbonyl (C=O) groups is 1. The lowest BCUT2D eigenvalue weighted by atomic mass is 10.1. The van der Waals surface area contributed by atoms with E-state index in [2.05, 4.69) is 0 Å². The molecule has 0 aliphatic carbocycles. The fourth-order valence-corrected chi connectivity index (χ4v) is 2.35. The molecule has 0 bridgehead atoms. The van der Waals surface area contributed by atoms with E-state index in [9.17, 15) is 23.9 Å². The minimum Gasteiger partial charge on any atom is -0.457 e. The maximum atomic E-state index is 14.8. The minimum absolute atomic E-state index is 0.105. The van der Waals surface area contributed by atoms with Crippen LogP contribution in [0.2, 0.25) is 5.02 Å². The number of methoxy groups -OCH3 is 1. The maximum absolute atomic E-state index is 14.8. The van der Waals surface area contributed by atoms with Crippen LogP contribution in [0.4, 0.5) is 4.39 Å². The van der Waals surface area contributed by atoms with Crippen molar-refractivity contribution in [2.24, 2.45) is 5.73 Å². The number of carbonyl (C=O) groups excluding carboxylic acids is 1. The number of nitrogens with zero attached hydrogens (tertiary/aromatic N) is 1. The quantitative estimate of drug-likeness (QED) is 0.444. The molecule has 1 aromatic heterocycles. The molecule has 1 aromatic carbocycles. The third-order valence-corrected chi connectivity index (χ3v) is 3.97. The fraction of sp³-hybridized carbons (Fsp3) is 0.312. The van der Waals surface area contributed by atoms with E-state index < -0.39 is 41.9 Å². The van der Waals surface area contributed by atoms with E-state index >= 15 is 0 Å². The van der Waals surface area contributed by atoms with Crippen LogP contribution in [0.3, 0.4) is 0 Å². The van der Waals surface area contributed by atoms with Crippen molar-refractivity contribution in [3.63, 3.8) is 0 Å². The molecule has 0 unspecified atom stereocenters. The molecule has 0 fully saturated rings. The zero-order valence-electron chi connectivity index (χ0n) is 14.1. The summed E-state index contributed by atoms with van der Waals surface area (Å²) in [5.74, 6) is -0.840. The van der Waals surface area contributed by atoms with Crippen LogP contribution in [0.25, 0.3) is 0 Å². The molecule has 4 N–H and O–H groups in total. The largest absolute Gasteiger partial charge is 0.457 e. The molecular formula is C16H17ClFN3O6. The lowest BCUT2D eigenvalue weighted by Gasteiger charge is -2.33. The summed E-state index contributed by atoms with van der Waals surface area (Å²) in [6.45, 7) is -0.773. The first-order valence-electron chi connectivity index (χ1n) is 7.58. The summed E-state index contributed by atoms with van der Waals surface area (Å²) in [4.78, 5) is 36.7. The van der Waals surface area contributed by atoms with Crippen LogP contribution in [0.5, 0.6) is 0 Å². The normalized spacial score (nSPS) is 15.6. The molecule has 2 rings (SSSR count). The third kappa shape index (κ3) is 4.80. The number of benzene rings is 1. The van der Waals surface area contributed by atoms with Gasteiger partial charge in [0.05, 0.1) is 5.56 Å². The lowest BCUT2D eigenvalue weighted by Crippen LogP contribution is -2.58. The Bertz CT molecular complexity index is 933. The van der Waals surface area contributed by atoms with Crippen LogP contribution in [-0.2, 0) is 9.47 Å². The Hall–Kier alpha value is -2.53. The van der Waals surface area contributed by atoms with Crippen LogP contribution in [-0.4, -0.2) is 46.2 Å². The predicted octanol–water partition coefficient (Wildman–Crippen LogP) is 0.177. The number of halogens is 2. The Labute approximate surface area is 157 Å². The first kappa shape index (κ1) is 20.8. The molecule has 0 saturated heterocycles. The van der Waals surface area contributed by atoms with Crippen molar-refractivity contribution in [2.45, 2.75) is 18.1 Å². The van der Waals surface area contributed by atoms with Crippen LogP contribution in [0.15, 0.2) is 46.1 Å². The molecule has 0 amide bonds. The fourth-order valence-electron chi connectivity index (χ4n) is 2.16. The van der Waals surface area contributed by atoms with Gasteiger partial charge in [0.1, 0.15) is 6.61 Å². The van der Waals surface area contributed by atoms with Gasteiger partial charge in [0.2, 0.25) is 0 Å². The van der Waals surface area contributed by atoms with Gasteiger partial charge in [-0.2, -0.15) is 0 Å². The van der Waals surface area contributed by atoms with E-state index in [-0.39, 0.29) is 5.56 Å². The molecular weight excluding hydrogens is 385 g/mol. The number of hydrogen-bond donors (Lipinski definition) is 3. The topological polar surface area (TPSA) is 137 Å². The molecule has 11 heteroatoms. The lowest BCUT2D eigenvalue weighted by molar-refractivity contribution is -0.150. The average molecular weight is 402 g/mol. The molecule has 0 aliphatic heterocycles. The molecule has 0 saturated carbocycles. The van der Waals surface area contributed by atoms with Gasteiger partial charge >= 0.3 is 11.7 Å². The zero-order chi connectivity index (χ0) is 20.2. The van der Waals surface area contributed by atoms with Crippen molar-refractivity contribution in [1.82, 2.24) is 9.55 Å². The highest BCUT2D eigenvalue weighted by molar-refractivity contribution is 6.30. The molecule has 2 aromatic rings. The van der Waals surface area contributed by atoms with Gasteiger partial charge < -0.3 is 14.6 Å². The molecule has 9 nitrogen and oxygen atoms in total. The van der Waals surface area contributed by atoms with Crippen molar-refractivity contribution in [3.8, 4) is 0 Å². The average Bonchev–Trinajstić information content (AvgIpc) is 2.64. The van der Waals surface area contributed by atoms with Crippen LogP contribution >= 0.6 is 11.6 Å². The van der Waals surface area contributed by atoms with Gasteiger partial charge in [0.25, 0.3) is 5.56 Å². The first-order chi connectivity index (χ1) is 12.7. The Morgan fingerprint density at radius 2 is 2.15 bits per heavy atom. The second-order valence-electron chi connectivity index (χ2n) is 5.58. The van der Waals surface area contributed by atoms with Gasteiger partial charge in [-0.25, -0.2) is 14.0 Å². The number of H-pyrrole nitrogens is 1. The number of aliphatic hydroxyl groups is 1. The van der Waals surface area contributed by atoms with Gasteiger partial charge in [-0.3, -0.25) is 20.1 Å². The molecule has 1 heterocycles. The summed E-state index contributed by atoms with van der Waals surface area (Å²) in [6.07, 6.45) is -3.60. The molecule has 0 spiro atoms. The number of rotatable bonds is 7. The highest BCUT2D eigenvalue weighted by Gasteiger charge is 2.43. The molecule has 0 aliphatic rings. The third-order valence-electron chi connectivity index (χ3n) is 3.73. The summed E-state index contributed by atoms with van der Waals surface area (Å²) >= 11 is 5.78. The zero-order valence-corrected chi connectivity index (χ0v) is 14.9. The summed E-state index contributed by atoms with van der Waals surface area (Å²) in [5.41, 5.74) is 1.83. The monoisotopic (exact) mass is 401 g/mol. The Balaban J connectivity index is 2.15. The van der Waals surface area contributed by atoms with Gasteiger partial charge in [-0.05, 0) is 18.2 Å². The Kier molecular flexibility index (Phi) is 6.50. The standard InChI is InChI=1S/C16H17ClFN3O6/c1-26-16(19,8-27-14(24)9-3-2-4-10(17)7-9)12(18)13(23)21-6-5-11(22)20-15(21)25/h2-7,12-13,23H,8,19H2,1H3,(H,20,22,25)/t12-,13+,16+/m0/s1. The number of nitrogens with two attached hydrogens (primary N) is 1. The van der Waals surface area contributed by atoms with E-state index in [0.29, 0.717) is 9.59 Å². The van der Waals surface area contributed by atoms with E-state index in [1.807, 2.05) is 4.98 Å². The van der Waals surface area contributed by atoms with E-state index in [1.165, 1.54) is 18.2 Å². The summed E-state index contributed by atoms with van der Waals surface area (Å²) < 4.78 is 25.1. The second kappa shape index (κ2) is 8.44. The molecule has 0 radical (unpaired) electrons. The van der Waals surface area contributed by atoms with E-state index in [0.717, 1.165) is 19.4 Å². The van der Waals surface area contributed by atoms with Crippen LogP contribution in [0, 0.1) is 0 Å². The smallest absolute Gasteiger partial charge is 0.338 e. The summed E-state index contributed by atoms with van der Waals surface area (Å²) in [5, 5.41) is 10.4. The number of alkyl halides is 1. The number of hydrogen-bond acceptors (Lipinski definition) is 7. The van der Waals surface area contributed by atoms with E-state index in [1.54, 1.807) is 6.07 Å². The van der Waals surface area contributed by atoms with Gasteiger partial charge in [0.15, 0.2) is 18.1 Å². The summed E-state index contributed by atoms with van der Waals surface area (Å²) in [7, 11) is 1.04. The molecule has 3 atom stereocenters. The number of ether oxygens (including phenoxy) is 2. The van der Waals surface area contributed by atoms with Crippen LogP contribution in [0.1, 0.15) is 16.6 Å². The molecule has 146 valence electrons. The number of aliphatic hydroxyl groups excluding tert-OH is 1.